The second-order valence-electron chi connectivity index (χ2n) is 9.56. The Kier molecular flexibility index (Phi) is 6.05. The van der Waals surface area contributed by atoms with Crippen LogP contribution in [0.15, 0.2) is 23.7 Å². The third-order valence-corrected chi connectivity index (χ3v) is 6.77. The number of ether oxygens (including phenoxy) is 1. The molecule has 1 saturated heterocycles. The molecule has 2 aromatic heterocycles. The lowest BCUT2D eigenvalue weighted by molar-refractivity contribution is -0.146. The minimum atomic E-state index is -0.522. The van der Waals surface area contributed by atoms with Crippen LogP contribution in [-0.4, -0.2) is 51.1 Å². The quantitative estimate of drug-likeness (QED) is 0.395. The van der Waals surface area contributed by atoms with Gasteiger partial charge in [-0.25, -0.2) is 9.97 Å². The van der Waals surface area contributed by atoms with Crippen LogP contribution in [0.3, 0.4) is 0 Å². The van der Waals surface area contributed by atoms with Gasteiger partial charge < -0.3 is 19.4 Å². The van der Waals surface area contributed by atoms with Gasteiger partial charge in [-0.15, -0.1) is 0 Å². The average Bonchev–Trinajstić information content (AvgIpc) is 3.34. The highest BCUT2D eigenvalue weighted by atomic mass is 35.5. The molecule has 1 fully saturated rings. The third-order valence-electron chi connectivity index (χ3n) is 6.60. The fourth-order valence-electron chi connectivity index (χ4n) is 4.14. The zero-order valence-electron chi connectivity index (χ0n) is 20.0. The Morgan fingerprint density at radius 2 is 1.85 bits per heavy atom. The Hall–Kier alpha value is -2.43. The van der Waals surface area contributed by atoms with Gasteiger partial charge in [0.15, 0.2) is 5.82 Å². The van der Waals surface area contributed by atoms with Crippen LogP contribution in [0.1, 0.15) is 51.5 Å². The summed E-state index contributed by atoms with van der Waals surface area (Å²) >= 11 is 5.97. The Morgan fingerprint density at radius 1 is 1.18 bits per heavy atom. The molecular weight excluding hydrogens is 445 g/mol. The number of hydrogen-bond acceptors (Lipinski definition) is 8. The average molecular weight is 474 g/mol. The first-order chi connectivity index (χ1) is 15.4. The van der Waals surface area contributed by atoms with Gasteiger partial charge in [0.05, 0.1) is 30.3 Å². The fraction of sp³-hybridized carbons (Fsp3) is 0.545. The lowest BCUT2D eigenvalue weighted by Crippen LogP contribution is -2.41. The second-order valence-corrected chi connectivity index (χ2v) is 9.90. The molecule has 0 saturated carbocycles. The van der Waals surface area contributed by atoms with E-state index >= 15 is 0 Å². The molecule has 2 atom stereocenters. The minimum absolute atomic E-state index is 0.158. The number of anilines is 2. The second kappa shape index (κ2) is 8.41. The first kappa shape index (κ1) is 23.7. The number of hydrogen-bond donors (Lipinski definition) is 1. The van der Waals surface area contributed by atoms with Crippen molar-refractivity contribution in [1.82, 2.24) is 19.7 Å². The Labute approximate surface area is 199 Å². The van der Waals surface area contributed by atoms with Gasteiger partial charge in [0.25, 0.3) is 0 Å². The van der Waals surface area contributed by atoms with Gasteiger partial charge in [0.2, 0.25) is 5.28 Å². The van der Waals surface area contributed by atoms with Gasteiger partial charge in [-0.2, -0.15) is 5.10 Å². The molecular formula is C22H29BClN5O4. The summed E-state index contributed by atoms with van der Waals surface area (Å²) in [6.45, 7) is 11.8. The molecule has 4 rings (SSSR count). The van der Waals surface area contributed by atoms with Gasteiger partial charge in [0, 0.05) is 23.5 Å². The highest BCUT2D eigenvalue weighted by Crippen LogP contribution is 2.44. The van der Waals surface area contributed by atoms with Crippen molar-refractivity contribution in [3.8, 4) is 0 Å². The molecule has 1 N–H and O–H groups in total. The van der Waals surface area contributed by atoms with Crippen LogP contribution in [0.4, 0.5) is 11.6 Å². The highest BCUT2D eigenvalue weighted by molar-refractivity contribution is 6.54. The molecule has 11 heteroatoms. The SMILES string of the molecule is COC(=O)C1CC(B2OC(C)(C)C(C)(C)O2)=CC1n1nc(Nc2cc(C)nc(Cl)n2)cc1C. The van der Waals surface area contributed by atoms with E-state index in [1.165, 1.54) is 7.11 Å². The first-order valence-electron chi connectivity index (χ1n) is 10.9. The molecule has 1 aliphatic carbocycles. The van der Waals surface area contributed by atoms with Gasteiger partial charge in [-0.3, -0.25) is 9.48 Å². The lowest BCUT2D eigenvalue weighted by atomic mass is 9.77. The number of nitrogens with one attached hydrogen (secondary N) is 1. The van der Waals surface area contributed by atoms with E-state index in [4.69, 9.17) is 30.7 Å². The standard InChI is InChI=1S/C22H29BClN5O4/c1-12-8-17(27-20(24)25-12)26-18-9-13(2)29(28-18)16-11-14(10-15(16)19(30)31-7)23-32-21(3,4)22(5,6)33-23/h8-9,11,15-16H,10H2,1-7H3,(H,25,26,27,28). The molecule has 3 heterocycles. The number of halogens is 1. The minimum Gasteiger partial charge on any atom is -0.469 e. The van der Waals surface area contributed by atoms with Gasteiger partial charge in [-0.05, 0) is 65.0 Å². The van der Waals surface area contributed by atoms with Crippen molar-refractivity contribution in [2.75, 3.05) is 12.4 Å². The van der Waals surface area contributed by atoms with Crippen molar-refractivity contribution in [2.45, 2.75) is 65.2 Å². The molecule has 0 radical (unpaired) electrons. The van der Waals surface area contributed by atoms with E-state index in [0.717, 1.165) is 16.9 Å². The maximum atomic E-state index is 12.7. The summed E-state index contributed by atoms with van der Waals surface area (Å²) < 4.78 is 19.4. The van der Waals surface area contributed by atoms with Gasteiger partial charge in [0.1, 0.15) is 5.82 Å². The number of carbonyl (C=O) groups is 1. The van der Waals surface area contributed by atoms with E-state index in [0.29, 0.717) is 18.1 Å². The van der Waals surface area contributed by atoms with E-state index in [-0.39, 0.29) is 17.3 Å². The summed E-state index contributed by atoms with van der Waals surface area (Å²) in [7, 11) is 0.878. The van der Waals surface area contributed by atoms with Crippen LogP contribution >= 0.6 is 11.6 Å². The predicted molar refractivity (Wildman–Crippen MR) is 125 cm³/mol. The fourth-order valence-corrected chi connectivity index (χ4v) is 4.37. The third kappa shape index (κ3) is 4.51. The van der Waals surface area contributed by atoms with E-state index < -0.39 is 24.2 Å². The first-order valence-corrected chi connectivity index (χ1v) is 11.3. The number of rotatable bonds is 5. The largest absolute Gasteiger partial charge is 0.490 e. The van der Waals surface area contributed by atoms with Gasteiger partial charge >= 0.3 is 13.1 Å². The molecule has 9 nitrogen and oxygen atoms in total. The van der Waals surface area contributed by atoms with Crippen molar-refractivity contribution >= 4 is 36.3 Å². The van der Waals surface area contributed by atoms with E-state index in [1.54, 1.807) is 6.07 Å². The number of aryl methyl sites for hydroxylation is 2. The molecule has 2 aliphatic rings. The number of carbonyl (C=O) groups excluding carboxylic acids is 1. The molecule has 0 amide bonds. The number of nitrogens with zero attached hydrogens (tertiary/aromatic N) is 4. The summed E-state index contributed by atoms with van der Waals surface area (Å²) in [6, 6.07) is 3.33. The summed E-state index contributed by atoms with van der Waals surface area (Å²) in [5, 5.41) is 8.02. The number of methoxy groups -OCH3 is 1. The van der Waals surface area contributed by atoms with Crippen LogP contribution < -0.4 is 5.32 Å². The van der Waals surface area contributed by atoms with Crippen LogP contribution in [0.5, 0.6) is 0 Å². The van der Waals surface area contributed by atoms with E-state index in [9.17, 15) is 4.79 Å². The van der Waals surface area contributed by atoms with Crippen molar-refractivity contribution in [3.05, 3.63) is 40.4 Å². The molecule has 0 bridgehead atoms. The monoisotopic (exact) mass is 473 g/mol. The van der Waals surface area contributed by atoms with Crippen LogP contribution in [0, 0.1) is 19.8 Å². The molecule has 0 aromatic carbocycles. The van der Waals surface area contributed by atoms with E-state index in [1.807, 2.05) is 58.4 Å². The Morgan fingerprint density at radius 3 is 2.45 bits per heavy atom. The molecule has 0 spiro atoms. The summed E-state index contributed by atoms with van der Waals surface area (Å²) in [4.78, 5) is 20.9. The zero-order valence-corrected chi connectivity index (χ0v) is 20.7. The molecule has 1 aliphatic heterocycles. The van der Waals surface area contributed by atoms with Crippen LogP contribution in [0.2, 0.25) is 5.28 Å². The Bertz CT molecular complexity index is 1080. The van der Waals surface area contributed by atoms with Gasteiger partial charge in [-0.1, -0.05) is 6.08 Å². The van der Waals surface area contributed by atoms with Crippen molar-refractivity contribution in [1.29, 1.82) is 0 Å². The summed E-state index contributed by atoms with van der Waals surface area (Å²) in [6.07, 6.45) is 2.48. The Balaban J connectivity index is 1.63. The molecule has 2 unspecified atom stereocenters. The molecule has 2 aromatic rings. The number of allylic oxidation sites excluding steroid dienone is 2. The number of aromatic nitrogens is 4. The van der Waals surface area contributed by atoms with Crippen molar-refractivity contribution in [3.63, 3.8) is 0 Å². The topological polar surface area (TPSA) is 100 Å². The predicted octanol–water partition coefficient (Wildman–Crippen LogP) is 3.98. The zero-order chi connectivity index (χ0) is 24.1. The van der Waals surface area contributed by atoms with Crippen molar-refractivity contribution in [2.24, 2.45) is 5.92 Å². The normalized spacial score (nSPS) is 23.5. The van der Waals surface area contributed by atoms with Crippen molar-refractivity contribution < 1.29 is 18.8 Å². The smallest absolute Gasteiger partial charge is 0.469 e. The maximum absolute atomic E-state index is 12.7. The number of esters is 1. The van der Waals surface area contributed by atoms with Crippen LogP contribution in [0.25, 0.3) is 0 Å². The highest BCUT2D eigenvalue weighted by Gasteiger charge is 2.54. The molecule has 176 valence electrons. The lowest BCUT2D eigenvalue weighted by Gasteiger charge is -2.32. The summed E-state index contributed by atoms with van der Waals surface area (Å²) in [5.74, 6) is 0.390. The van der Waals surface area contributed by atoms with Crippen LogP contribution in [-0.2, 0) is 18.8 Å². The summed E-state index contributed by atoms with van der Waals surface area (Å²) in [5.41, 5.74) is 1.60. The maximum Gasteiger partial charge on any atom is 0.490 e. The van der Waals surface area contributed by atoms with E-state index in [2.05, 4.69) is 15.3 Å². The molecule has 33 heavy (non-hydrogen) atoms.